The second kappa shape index (κ2) is 20.6. The van der Waals surface area contributed by atoms with Gasteiger partial charge in [-0.15, -0.1) is 0 Å². The van der Waals surface area contributed by atoms with Gasteiger partial charge in [0.1, 0.15) is 22.6 Å². The third-order valence-electron chi connectivity index (χ3n) is 11.6. The van der Waals surface area contributed by atoms with E-state index in [0.29, 0.717) is 104 Å². The molecule has 0 unspecified atom stereocenters. The average molecular weight is 982 g/mol. The van der Waals surface area contributed by atoms with Crippen molar-refractivity contribution in [2.24, 2.45) is 14.1 Å². The summed E-state index contributed by atoms with van der Waals surface area (Å²) in [4.78, 5) is 45.5. The van der Waals surface area contributed by atoms with E-state index in [-0.39, 0.29) is 23.4 Å². The number of aryl methyl sites for hydroxylation is 4. The Labute approximate surface area is 413 Å². The molecule has 8 heterocycles. The Morgan fingerprint density at radius 3 is 1.61 bits per heavy atom. The Hall–Kier alpha value is -8.45. The van der Waals surface area contributed by atoms with Crippen LogP contribution in [0.2, 0.25) is 5.15 Å². The number of amides is 2. The molecule has 17 nitrogen and oxygen atoms in total. The summed E-state index contributed by atoms with van der Waals surface area (Å²) in [5, 5.41) is 16.0. The number of nitrogens with zero attached hydrogens (tertiary/aromatic N) is 10. The molecular formula is C51H50ClF2N13O4. The molecule has 71 heavy (non-hydrogen) atoms. The van der Waals surface area contributed by atoms with Crippen molar-refractivity contribution in [3.63, 3.8) is 0 Å². The van der Waals surface area contributed by atoms with Crippen molar-refractivity contribution >= 4 is 52.0 Å². The first kappa shape index (κ1) is 49.0. The van der Waals surface area contributed by atoms with Crippen LogP contribution in [-0.2, 0) is 33.6 Å². The molecule has 0 spiro atoms. The molecule has 0 aliphatic carbocycles. The first-order valence-corrected chi connectivity index (χ1v) is 22.5. The highest BCUT2D eigenvalue weighted by atomic mass is 35.5. The number of hydrogen-bond acceptors (Lipinski definition) is 13. The van der Waals surface area contributed by atoms with E-state index < -0.39 is 0 Å². The Balaban J connectivity index is 0.000000166. The summed E-state index contributed by atoms with van der Waals surface area (Å²) in [6.07, 6.45) is 6.49. The van der Waals surface area contributed by atoms with E-state index in [0.717, 1.165) is 34.4 Å². The van der Waals surface area contributed by atoms with Gasteiger partial charge in [0.2, 0.25) is 0 Å². The number of hydrogen-bond donors (Lipinski definition) is 3. The number of nitrogen functional groups attached to an aromatic ring is 1. The van der Waals surface area contributed by atoms with Crippen molar-refractivity contribution in [1.29, 1.82) is 0 Å². The predicted molar refractivity (Wildman–Crippen MR) is 267 cm³/mol. The van der Waals surface area contributed by atoms with Crippen LogP contribution in [-0.4, -0.2) is 89.4 Å². The van der Waals surface area contributed by atoms with Gasteiger partial charge in [-0.3, -0.25) is 28.9 Å². The molecule has 8 aromatic rings. The van der Waals surface area contributed by atoms with E-state index in [1.165, 1.54) is 12.3 Å². The zero-order valence-corrected chi connectivity index (χ0v) is 40.9. The first-order chi connectivity index (χ1) is 34.0. The number of carbonyl (C=O) groups excluding carboxylic acids is 2. The summed E-state index contributed by atoms with van der Waals surface area (Å²) in [6.45, 7) is 4.21. The fourth-order valence-electron chi connectivity index (χ4n) is 8.15. The number of halogens is 3. The van der Waals surface area contributed by atoms with Crippen LogP contribution in [0.3, 0.4) is 0 Å². The lowest BCUT2D eigenvalue weighted by atomic mass is 10.1. The van der Waals surface area contributed by atoms with E-state index in [9.17, 15) is 18.4 Å². The molecule has 20 heteroatoms. The smallest absolute Gasteiger partial charge is 0.257 e. The van der Waals surface area contributed by atoms with Gasteiger partial charge in [0, 0.05) is 69.5 Å². The van der Waals surface area contributed by atoms with Crippen LogP contribution in [0.1, 0.15) is 54.6 Å². The van der Waals surface area contributed by atoms with Crippen molar-refractivity contribution in [3.05, 3.63) is 159 Å². The molecule has 0 bridgehead atoms. The third kappa shape index (κ3) is 10.6. The van der Waals surface area contributed by atoms with E-state index in [1.54, 1.807) is 73.5 Å². The fourth-order valence-corrected chi connectivity index (χ4v) is 8.36. The van der Waals surface area contributed by atoms with Crippen LogP contribution >= 0.6 is 11.6 Å². The van der Waals surface area contributed by atoms with Crippen LogP contribution in [0.4, 0.5) is 37.3 Å². The second-order valence-electron chi connectivity index (χ2n) is 16.9. The van der Waals surface area contributed by atoms with Crippen molar-refractivity contribution in [2.45, 2.75) is 33.4 Å². The quantitative estimate of drug-likeness (QED) is 0.110. The van der Waals surface area contributed by atoms with Gasteiger partial charge in [-0.2, -0.15) is 10.2 Å². The Morgan fingerprint density at radius 1 is 0.648 bits per heavy atom. The number of anilines is 5. The summed E-state index contributed by atoms with van der Waals surface area (Å²) in [5.41, 5.74) is 16.1. The van der Waals surface area contributed by atoms with Crippen molar-refractivity contribution in [1.82, 2.24) is 49.3 Å². The number of aromatic nitrogens is 8. The molecule has 4 N–H and O–H groups in total. The maximum Gasteiger partial charge on any atom is 0.257 e. The molecule has 2 aliphatic rings. The number of nitrogens with two attached hydrogens (primary N) is 1. The Morgan fingerprint density at radius 2 is 1.14 bits per heavy atom. The highest BCUT2D eigenvalue weighted by Crippen LogP contribution is 2.41. The summed E-state index contributed by atoms with van der Waals surface area (Å²) in [6, 6.07) is 22.0. The first-order valence-electron chi connectivity index (χ1n) is 22.1. The largest absolute Gasteiger partial charge is 0.494 e. The van der Waals surface area contributed by atoms with Gasteiger partial charge in [0.05, 0.1) is 96.4 Å². The maximum atomic E-state index is 13.7. The minimum absolute atomic E-state index is 0.0866. The highest BCUT2D eigenvalue weighted by molar-refractivity contribution is 6.30. The lowest BCUT2D eigenvalue weighted by molar-refractivity contribution is 0.0809. The van der Waals surface area contributed by atoms with E-state index in [2.05, 4.69) is 35.8 Å². The topological polar surface area (TPSA) is 196 Å². The normalized spacial score (nSPS) is 12.4. The number of methoxy groups -OCH3 is 2. The lowest BCUT2D eigenvalue weighted by Crippen LogP contribution is -2.18. The van der Waals surface area contributed by atoms with Gasteiger partial charge in [-0.25, -0.2) is 18.7 Å². The summed E-state index contributed by atoms with van der Waals surface area (Å²) < 4.78 is 41.0. The van der Waals surface area contributed by atoms with Crippen molar-refractivity contribution in [2.75, 3.05) is 44.7 Å². The molecule has 364 valence electrons. The maximum absolute atomic E-state index is 13.7. The monoisotopic (exact) mass is 981 g/mol. The summed E-state index contributed by atoms with van der Waals surface area (Å²) >= 11 is 6.17. The molecule has 0 radical (unpaired) electrons. The van der Waals surface area contributed by atoms with Gasteiger partial charge in [0.15, 0.2) is 11.5 Å². The van der Waals surface area contributed by atoms with Crippen LogP contribution < -0.4 is 25.8 Å². The summed E-state index contributed by atoms with van der Waals surface area (Å²) in [5.74, 6) is 0.765. The molecular weight excluding hydrogens is 932 g/mol. The zero-order chi connectivity index (χ0) is 50.7. The van der Waals surface area contributed by atoms with Crippen LogP contribution in [0.15, 0.2) is 97.6 Å². The minimum Gasteiger partial charge on any atom is -0.494 e. The number of rotatable bonds is 10. The number of benzene rings is 2. The summed E-state index contributed by atoms with van der Waals surface area (Å²) in [7, 11) is 10.4. The Kier molecular flexibility index (Phi) is 14.2. The zero-order valence-electron chi connectivity index (χ0n) is 40.2. The highest BCUT2D eigenvalue weighted by Gasteiger charge is 2.32. The predicted octanol–water partition coefficient (Wildman–Crippen LogP) is 8.84. The average Bonchev–Trinajstić information content (AvgIpc) is 4.11. The number of para-hydroxylation sites is 2. The van der Waals surface area contributed by atoms with E-state index in [1.807, 2.05) is 81.1 Å². The molecule has 10 rings (SSSR count). The number of carbonyl (C=O) groups is 2. The molecule has 2 aliphatic heterocycles. The van der Waals surface area contributed by atoms with Crippen molar-refractivity contribution < 1.29 is 27.8 Å². The van der Waals surface area contributed by atoms with Crippen molar-refractivity contribution in [3.8, 4) is 34.0 Å². The lowest BCUT2D eigenvalue weighted by Gasteiger charge is -2.17. The minimum atomic E-state index is -0.342. The van der Waals surface area contributed by atoms with Crippen LogP contribution in [0.5, 0.6) is 11.5 Å². The standard InChI is InChI=1S/C26H25FN6O2.C19H18ClN5O2.C6H7FN2/c1-15-10-16(28-13-19(15)27)11-17-12-22(24-23(29-17)14-32(2)26(24)34)30-21-7-5-6-18(25(21)35-4)20-8-9-33(3)31-20;1-24-10-15-17(19(24)26)14(9-16(20)22-15)21-13-6-4-5-11(18(13)27-3)12-7-8-25(2)23-12;1-4-2-6(8)9-3-5(4)7/h5-10,12-13H,11,14H2,1-4H3,(H,29,30);4-9H,10H2,1-3H3,(H,21,22);2-3H,1H3,(H2,8,9). The van der Waals surface area contributed by atoms with Gasteiger partial charge in [0.25, 0.3) is 11.8 Å². The van der Waals surface area contributed by atoms with Gasteiger partial charge in [-0.1, -0.05) is 23.7 Å². The molecule has 0 fully saturated rings. The fraction of sp³-hybridized carbons (Fsp3) is 0.216. The molecule has 2 amide bonds. The van der Waals surface area contributed by atoms with Crippen LogP contribution in [0.25, 0.3) is 22.5 Å². The number of pyridine rings is 4. The molecule has 0 saturated carbocycles. The Bertz CT molecular complexity index is 3320. The molecule has 0 atom stereocenters. The van der Waals surface area contributed by atoms with Gasteiger partial charge < -0.3 is 35.6 Å². The van der Waals surface area contributed by atoms with Crippen LogP contribution in [0, 0.1) is 25.5 Å². The molecule has 2 aromatic carbocycles. The molecule has 6 aromatic heterocycles. The van der Waals surface area contributed by atoms with Gasteiger partial charge >= 0.3 is 0 Å². The number of ether oxygens (including phenoxy) is 2. The SMILES string of the molecule is COc1c(Nc2cc(Cc3cc(C)c(F)cn3)nc3c2C(=O)N(C)C3)cccc1-c1ccn(C)n1.COc1c(Nc2cc(Cl)nc3c2C(=O)N(C)C3)cccc1-c1ccn(C)n1.Cc1cc(N)ncc1F. The third-order valence-corrected chi connectivity index (χ3v) is 11.8. The van der Waals surface area contributed by atoms with E-state index in [4.69, 9.17) is 31.8 Å². The second-order valence-corrected chi connectivity index (χ2v) is 17.2. The molecule has 0 saturated heterocycles. The number of nitrogens with one attached hydrogen (secondary N) is 2. The number of fused-ring (bicyclic) bond motifs is 2. The van der Waals surface area contributed by atoms with Gasteiger partial charge in [-0.05, 0) is 85.6 Å². The van der Waals surface area contributed by atoms with E-state index >= 15 is 0 Å².